The molecule has 1 aromatic heterocycles. The molecule has 6 heteroatoms. The molecule has 5 nitrogen and oxygen atoms in total. The quantitative estimate of drug-likeness (QED) is 0.487. The lowest BCUT2D eigenvalue weighted by Gasteiger charge is -2.10. The molecule has 0 spiro atoms. The van der Waals surface area contributed by atoms with E-state index in [2.05, 4.69) is 17.4 Å². The van der Waals surface area contributed by atoms with Gasteiger partial charge in [0.25, 0.3) is 11.8 Å². The Labute approximate surface area is 138 Å². The van der Waals surface area contributed by atoms with Crippen molar-refractivity contribution in [3.63, 3.8) is 0 Å². The van der Waals surface area contributed by atoms with E-state index in [9.17, 15) is 9.59 Å². The maximum atomic E-state index is 12.1. The van der Waals surface area contributed by atoms with Crippen LogP contribution in [0.2, 0.25) is 0 Å². The van der Waals surface area contributed by atoms with Crippen molar-refractivity contribution in [2.45, 2.75) is 0 Å². The number of para-hydroxylation sites is 1. The molecule has 0 aliphatic carbocycles. The molecule has 0 saturated carbocycles. The Morgan fingerprint density at radius 1 is 1.17 bits per heavy atom. The first-order chi connectivity index (χ1) is 11.2. The van der Waals surface area contributed by atoms with Crippen LogP contribution in [-0.2, 0) is 4.79 Å². The number of carbonyl (C=O) groups is 2. The van der Waals surface area contributed by atoms with Crippen molar-refractivity contribution in [1.82, 2.24) is 10.9 Å². The van der Waals surface area contributed by atoms with Gasteiger partial charge >= 0.3 is 0 Å². The molecule has 0 unspecified atom stereocenters. The minimum absolute atomic E-state index is 0.292. The maximum Gasteiger partial charge on any atom is 0.273 e. The van der Waals surface area contributed by atoms with Crippen LogP contribution in [-0.4, -0.2) is 18.4 Å². The summed E-state index contributed by atoms with van der Waals surface area (Å²) in [5, 5.41) is 1.92. The SMILES string of the molecule is C=CCOc1ccccc1C(=O)NNC(=O)/C=C/c1cccs1. The Morgan fingerprint density at radius 2 is 2.00 bits per heavy atom. The van der Waals surface area contributed by atoms with E-state index >= 15 is 0 Å². The molecule has 23 heavy (non-hydrogen) atoms. The Morgan fingerprint density at radius 3 is 2.74 bits per heavy atom. The third-order valence-corrected chi connectivity index (χ3v) is 3.57. The zero-order valence-corrected chi connectivity index (χ0v) is 13.1. The number of benzene rings is 1. The summed E-state index contributed by atoms with van der Waals surface area (Å²) >= 11 is 1.52. The summed E-state index contributed by atoms with van der Waals surface area (Å²) in [4.78, 5) is 24.7. The van der Waals surface area contributed by atoms with Crippen molar-refractivity contribution in [2.24, 2.45) is 0 Å². The molecular formula is C17H16N2O3S. The van der Waals surface area contributed by atoms with Crippen molar-refractivity contribution in [2.75, 3.05) is 6.61 Å². The van der Waals surface area contributed by atoms with Gasteiger partial charge in [-0.3, -0.25) is 20.4 Å². The second-order valence-electron chi connectivity index (χ2n) is 4.39. The lowest BCUT2D eigenvalue weighted by molar-refractivity contribution is -0.117. The maximum absolute atomic E-state index is 12.1. The van der Waals surface area contributed by atoms with E-state index in [1.54, 1.807) is 36.4 Å². The van der Waals surface area contributed by atoms with E-state index in [-0.39, 0.29) is 0 Å². The number of thiophene rings is 1. The fraction of sp³-hybridized carbons (Fsp3) is 0.0588. The van der Waals surface area contributed by atoms with Crippen LogP contribution in [0.5, 0.6) is 5.75 Å². The van der Waals surface area contributed by atoms with E-state index in [4.69, 9.17) is 4.74 Å². The third-order valence-electron chi connectivity index (χ3n) is 2.73. The molecule has 0 fully saturated rings. The second kappa shape index (κ2) is 8.55. The molecule has 1 aromatic carbocycles. The molecule has 2 N–H and O–H groups in total. The normalized spacial score (nSPS) is 10.3. The van der Waals surface area contributed by atoms with Crippen molar-refractivity contribution in [3.8, 4) is 5.75 Å². The van der Waals surface area contributed by atoms with Gasteiger partial charge in [0.05, 0.1) is 5.56 Å². The van der Waals surface area contributed by atoms with E-state index in [1.165, 1.54) is 17.4 Å². The van der Waals surface area contributed by atoms with Gasteiger partial charge in [0.15, 0.2) is 0 Å². The molecule has 0 atom stereocenters. The van der Waals surface area contributed by atoms with Crippen molar-refractivity contribution in [3.05, 3.63) is 70.9 Å². The largest absolute Gasteiger partial charge is 0.489 e. The average molecular weight is 328 g/mol. The lowest BCUT2D eigenvalue weighted by Crippen LogP contribution is -2.40. The Hall–Kier alpha value is -2.86. The number of rotatable bonds is 6. The lowest BCUT2D eigenvalue weighted by atomic mass is 10.2. The number of hydrogen-bond acceptors (Lipinski definition) is 4. The van der Waals surface area contributed by atoms with Crippen LogP contribution in [0.15, 0.2) is 60.5 Å². The summed E-state index contributed by atoms with van der Waals surface area (Å²) in [7, 11) is 0. The number of amides is 2. The standard InChI is InChI=1S/C17H16N2O3S/c1-2-11-22-15-8-4-3-7-14(15)17(21)19-18-16(20)10-9-13-6-5-12-23-13/h2-10,12H,1,11H2,(H,18,20)(H,19,21)/b10-9+. The average Bonchev–Trinajstić information content (AvgIpc) is 3.09. The van der Waals surface area contributed by atoms with Gasteiger partial charge in [-0.1, -0.05) is 30.9 Å². The number of ether oxygens (including phenoxy) is 1. The summed E-state index contributed by atoms with van der Waals surface area (Å²) in [5.74, 6) is -0.452. The summed E-state index contributed by atoms with van der Waals surface area (Å²) in [6.07, 6.45) is 4.62. The Bertz CT molecular complexity index is 708. The number of hydrazine groups is 1. The Kier molecular flexibility index (Phi) is 6.14. The van der Waals surface area contributed by atoms with Crippen LogP contribution in [0.4, 0.5) is 0 Å². The smallest absolute Gasteiger partial charge is 0.273 e. The predicted octanol–water partition coefficient (Wildman–Crippen LogP) is 2.79. The highest BCUT2D eigenvalue weighted by atomic mass is 32.1. The third kappa shape index (κ3) is 5.12. The van der Waals surface area contributed by atoms with Crippen LogP contribution < -0.4 is 15.6 Å². The molecular weight excluding hydrogens is 312 g/mol. The van der Waals surface area contributed by atoms with Gasteiger partial charge in [-0.2, -0.15) is 0 Å². The zero-order chi connectivity index (χ0) is 16.5. The number of nitrogens with one attached hydrogen (secondary N) is 2. The van der Waals surface area contributed by atoms with Crippen LogP contribution in [0.25, 0.3) is 6.08 Å². The van der Waals surface area contributed by atoms with E-state index in [1.807, 2.05) is 17.5 Å². The fourth-order valence-corrected chi connectivity index (χ4v) is 2.32. The summed E-state index contributed by atoms with van der Waals surface area (Å²) in [5.41, 5.74) is 5.01. The van der Waals surface area contributed by atoms with Gasteiger partial charge in [-0.25, -0.2) is 0 Å². The fourth-order valence-electron chi connectivity index (χ4n) is 1.70. The van der Waals surface area contributed by atoms with E-state index in [0.717, 1.165) is 4.88 Å². The topological polar surface area (TPSA) is 67.4 Å². The van der Waals surface area contributed by atoms with Crippen molar-refractivity contribution in [1.29, 1.82) is 0 Å². The highest BCUT2D eigenvalue weighted by Crippen LogP contribution is 2.17. The molecule has 1 heterocycles. The van der Waals surface area contributed by atoms with Crippen molar-refractivity contribution < 1.29 is 14.3 Å². The van der Waals surface area contributed by atoms with Gasteiger partial charge in [-0.05, 0) is 29.7 Å². The highest BCUT2D eigenvalue weighted by Gasteiger charge is 2.11. The van der Waals surface area contributed by atoms with Crippen LogP contribution in [0.3, 0.4) is 0 Å². The van der Waals surface area contributed by atoms with Gasteiger partial charge in [0.1, 0.15) is 12.4 Å². The van der Waals surface area contributed by atoms with Gasteiger partial charge in [-0.15, -0.1) is 11.3 Å². The number of hydrogen-bond donors (Lipinski definition) is 2. The minimum atomic E-state index is -0.456. The van der Waals surface area contributed by atoms with Crippen molar-refractivity contribution >= 4 is 29.2 Å². The number of carbonyl (C=O) groups excluding carboxylic acids is 2. The first-order valence-electron chi connectivity index (χ1n) is 6.85. The van der Waals surface area contributed by atoms with Crippen LogP contribution in [0.1, 0.15) is 15.2 Å². The molecule has 0 aliphatic heterocycles. The Balaban J connectivity index is 1.91. The van der Waals surface area contributed by atoms with E-state index in [0.29, 0.717) is 17.9 Å². The summed E-state index contributed by atoms with van der Waals surface area (Å²) in [6, 6.07) is 10.6. The monoisotopic (exact) mass is 328 g/mol. The minimum Gasteiger partial charge on any atom is -0.489 e. The molecule has 0 aliphatic rings. The van der Waals surface area contributed by atoms with Gasteiger partial charge in [0.2, 0.25) is 0 Å². The molecule has 0 bridgehead atoms. The predicted molar refractivity (Wildman–Crippen MR) is 91.1 cm³/mol. The second-order valence-corrected chi connectivity index (χ2v) is 5.37. The first kappa shape index (κ1) is 16.5. The molecule has 2 aromatic rings. The summed E-state index contributed by atoms with van der Waals surface area (Å²) in [6.45, 7) is 3.85. The molecule has 0 radical (unpaired) electrons. The van der Waals surface area contributed by atoms with Gasteiger partial charge in [0, 0.05) is 11.0 Å². The first-order valence-corrected chi connectivity index (χ1v) is 7.73. The van der Waals surface area contributed by atoms with Crippen LogP contribution >= 0.6 is 11.3 Å². The molecule has 2 rings (SSSR count). The highest BCUT2D eigenvalue weighted by molar-refractivity contribution is 7.10. The van der Waals surface area contributed by atoms with Crippen LogP contribution in [0, 0.1) is 0 Å². The molecule has 0 saturated heterocycles. The molecule has 2 amide bonds. The van der Waals surface area contributed by atoms with E-state index < -0.39 is 11.8 Å². The zero-order valence-electron chi connectivity index (χ0n) is 12.3. The summed E-state index contributed by atoms with van der Waals surface area (Å²) < 4.78 is 5.41. The van der Waals surface area contributed by atoms with Gasteiger partial charge < -0.3 is 4.74 Å². The molecule has 118 valence electrons.